The topological polar surface area (TPSA) is 86.9 Å². The van der Waals surface area contributed by atoms with Crippen molar-refractivity contribution in [1.29, 1.82) is 0 Å². The number of methoxy groups -OCH3 is 1. The number of hydrogen-bond donors (Lipinski definition) is 1. The van der Waals surface area contributed by atoms with Crippen molar-refractivity contribution >= 4 is 18.3 Å². The van der Waals surface area contributed by atoms with Crippen LogP contribution in [0.1, 0.15) is 34.5 Å². The zero-order chi connectivity index (χ0) is 20.3. The zero-order valence-corrected chi connectivity index (χ0v) is 18.0. The van der Waals surface area contributed by atoms with E-state index in [1.165, 1.54) is 5.56 Å². The minimum Gasteiger partial charge on any atom is -0.496 e. The van der Waals surface area contributed by atoms with Crippen LogP contribution in [0.25, 0.3) is 0 Å². The van der Waals surface area contributed by atoms with E-state index < -0.39 is 5.60 Å². The molecule has 1 amide bonds. The van der Waals surface area contributed by atoms with Crippen molar-refractivity contribution < 1.29 is 19.0 Å². The van der Waals surface area contributed by atoms with Crippen LogP contribution in [0.5, 0.6) is 11.5 Å². The highest BCUT2D eigenvalue weighted by atomic mass is 35.5. The minimum atomic E-state index is -0.403. The number of rotatable bonds is 5. The van der Waals surface area contributed by atoms with Crippen LogP contribution in [-0.4, -0.2) is 55.7 Å². The van der Waals surface area contributed by atoms with Crippen molar-refractivity contribution in [3.05, 3.63) is 53.3 Å². The summed E-state index contributed by atoms with van der Waals surface area (Å²) in [5.74, 6) is 1.22. The third-order valence-corrected chi connectivity index (χ3v) is 5.74. The highest BCUT2D eigenvalue weighted by Crippen LogP contribution is 2.46. The number of halogens is 1. The van der Waals surface area contributed by atoms with Crippen LogP contribution < -0.4 is 15.2 Å². The first-order valence-corrected chi connectivity index (χ1v) is 10.1. The number of fused-ring (bicyclic) bond motifs is 2. The summed E-state index contributed by atoms with van der Waals surface area (Å²) in [6.07, 6.45) is 3.93. The van der Waals surface area contributed by atoms with E-state index in [9.17, 15) is 4.79 Å². The summed E-state index contributed by atoms with van der Waals surface area (Å²) in [4.78, 5) is 19.2. The minimum absolute atomic E-state index is 0. The van der Waals surface area contributed by atoms with Crippen molar-refractivity contribution in [3.63, 3.8) is 0 Å². The highest BCUT2D eigenvalue weighted by molar-refractivity contribution is 5.95. The molecule has 0 bridgehead atoms. The Morgan fingerprint density at radius 3 is 2.73 bits per heavy atom. The second kappa shape index (κ2) is 9.64. The lowest BCUT2D eigenvalue weighted by Gasteiger charge is -2.45. The van der Waals surface area contributed by atoms with Gasteiger partial charge in [0.2, 0.25) is 0 Å². The third-order valence-electron chi connectivity index (χ3n) is 5.74. The molecule has 2 aromatic rings. The average molecular weight is 434 g/mol. The van der Waals surface area contributed by atoms with Crippen LogP contribution >= 0.6 is 12.4 Å². The van der Waals surface area contributed by atoms with Crippen LogP contribution in [0.2, 0.25) is 0 Å². The number of hydrogen-bond acceptors (Lipinski definition) is 6. The summed E-state index contributed by atoms with van der Waals surface area (Å²) in [6.45, 7) is 2.59. The van der Waals surface area contributed by atoms with Crippen molar-refractivity contribution in [2.45, 2.75) is 24.9 Å². The van der Waals surface area contributed by atoms with E-state index in [0.717, 1.165) is 30.6 Å². The van der Waals surface area contributed by atoms with E-state index in [4.69, 9.17) is 19.9 Å². The van der Waals surface area contributed by atoms with Crippen molar-refractivity contribution in [2.75, 3.05) is 40.0 Å². The summed E-state index contributed by atoms with van der Waals surface area (Å²) >= 11 is 0. The second-order valence-corrected chi connectivity index (χ2v) is 7.37. The molecule has 1 spiro atoms. The van der Waals surface area contributed by atoms with Gasteiger partial charge in [-0.05, 0) is 43.0 Å². The van der Waals surface area contributed by atoms with Crippen LogP contribution in [0, 0.1) is 0 Å². The normalized spacial score (nSPS) is 17.1. The molecule has 0 radical (unpaired) electrons. The predicted molar refractivity (Wildman–Crippen MR) is 115 cm³/mol. The fourth-order valence-electron chi connectivity index (χ4n) is 4.35. The molecule has 0 aliphatic carbocycles. The van der Waals surface area contributed by atoms with Gasteiger partial charge in [0.15, 0.2) is 11.4 Å². The third kappa shape index (κ3) is 4.10. The van der Waals surface area contributed by atoms with Gasteiger partial charge in [-0.15, -0.1) is 12.4 Å². The van der Waals surface area contributed by atoms with Gasteiger partial charge in [-0.1, -0.05) is 12.1 Å². The highest BCUT2D eigenvalue weighted by Gasteiger charge is 2.44. The monoisotopic (exact) mass is 433 g/mol. The zero-order valence-electron chi connectivity index (χ0n) is 17.1. The van der Waals surface area contributed by atoms with Crippen molar-refractivity contribution in [3.8, 4) is 11.5 Å². The predicted octanol–water partition coefficient (Wildman–Crippen LogP) is 2.55. The number of piperidine rings is 1. The Balaban J connectivity index is 0.00000256. The van der Waals surface area contributed by atoms with Gasteiger partial charge in [-0.3, -0.25) is 4.79 Å². The molecule has 0 unspecified atom stereocenters. The number of nitrogens with two attached hydrogens (primary N) is 1. The Hall–Kier alpha value is -2.35. The van der Waals surface area contributed by atoms with Crippen molar-refractivity contribution in [2.24, 2.45) is 5.73 Å². The summed E-state index contributed by atoms with van der Waals surface area (Å²) in [5.41, 5.74) is 7.87. The Morgan fingerprint density at radius 2 is 2.00 bits per heavy atom. The van der Waals surface area contributed by atoms with Crippen LogP contribution in [0.4, 0.5) is 0 Å². The molecule has 8 heteroatoms. The Bertz CT molecular complexity index is 870. The molecule has 4 rings (SSSR count). The lowest BCUT2D eigenvalue weighted by atomic mass is 9.78. The molecule has 0 saturated carbocycles. The van der Waals surface area contributed by atoms with Crippen LogP contribution in [0.3, 0.4) is 0 Å². The fourth-order valence-corrected chi connectivity index (χ4v) is 4.35. The summed E-state index contributed by atoms with van der Waals surface area (Å²) in [5, 5.41) is 0. The molecule has 2 aliphatic heterocycles. The number of aromatic nitrogens is 1. The first-order valence-electron chi connectivity index (χ1n) is 10.1. The molecular formula is C22H28ClN3O4. The summed E-state index contributed by atoms with van der Waals surface area (Å²) < 4.78 is 17.6. The van der Waals surface area contributed by atoms with Gasteiger partial charge in [-0.2, -0.15) is 0 Å². The van der Waals surface area contributed by atoms with E-state index in [0.29, 0.717) is 44.3 Å². The lowest BCUT2D eigenvalue weighted by molar-refractivity contribution is -0.0947. The van der Waals surface area contributed by atoms with Gasteiger partial charge in [0.1, 0.15) is 18.0 Å². The quantitative estimate of drug-likeness (QED) is 0.779. The maximum absolute atomic E-state index is 13.1. The average Bonchev–Trinajstić information content (AvgIpc) is 2.78. The number of ether oxygens (including phenoxy) is 3. The first-order chi connectivity index (χ1) is 14.2. The smallest absolute Gasteiger partial charge is 0.276 e. The van der Waals surface area contributed by atoms with E-state index in [1.54, 1.807) is 25.4 Å². The van der Waals surface area contributed by atoms with E-state index in [2.05, 4.69) is 11.1 Å². The standard InChI is InChI=1S/C22H27N3O4.ClH/c1-27-17-5-2-4-16-7-14-29-22(19(16)17)8-12-25(13-9-22)21(26)20-18(28-15-10-23)6-3-11-24-20;/h2-6,11H,7-10,12-15,23H2,1H3;1H. The van der Waals surface area contributed by atoms with Gasteiger partial charge in [0.05, 0.1) is 13.7 Å². The number of carbonyl (C=O) groups excluding carboxylic acids is 1. The molecule has 2 aliphatic rings. The van der Waals surface area contributed by atoms with E-state index in [1.807, 2.05) is 17.0 Å². The number of pyridine rings is 1. The molecule has 30 heavy (non-hydrogen) atoms. The van der Waals surface area contributed by atoms with E-state index in [-0.39, 0.29) is 18.3 Å². The van der Waals surface area contributed by atoms with Crippen LogP contribution in [0.15, 0.2) is 36.5 Å². The summed E-state index contributed by atoms with van der Waals surface area (Å²) in [7, 11) is 1.69. The van der Waals surface area contributed by atoms with Gasteiger partial charge in [0, 0.05) is 31.4 Å². The first kappa shape index (κ1) is 22.3. The molecule has 1 fully saturated rings. The largest absolute Gasteiger partial charge is 0.496 e. The molecular weight excluding hydrogens is 406 g/mol. The number of likely N-dealkylation sites (tertiary alicyclic amines) is 1. The Labute approximate surface area is 182 Å². The summed E-state index contributed by atoms with van der Waals surface area (Å²) in [6, 6.07) is 9.68. The Morgan fingerprint density at radius 1 is 1.23 bits per heavy atom. The Kier molecular flexibility index (Phi) is 7.18. The maximum atomic E-state index is 13.1. The molecule has 3 heterocycles. The number of benzene rings is 1. The fraction of sp³-hybridized carbons (Fsp3) is 0.455. The second-order valence-electron chi connectivity index (χ2n) is 7.37. The molecule has 7 nitrogen and oxygen atoms in total. The SMILES string of the molecule is COc1cccc2c1C1(CCN(C(=O)c3ncccc3OCCN)CC1)OCC2.Cl. The lowest BCUT2D eigenvalue weighted by Crippen LogP contribution is -2.48. The number of amides is 1. The molecule has 0 atom stereocenters. The van der Waals surface area contributed by atoms with Crippen LogP contribution in [-0.2, 0) is 16.8 Å². The van der Waals surface area contributed by atoms with Gasteiger partial charge >= 0.3 is 0 Å². The number of nitrogens with zero attached hydrogens (tertiary/aromatic N) is 2. The number of carbonyl (C=O) groups is 1. The van der Waals surface area contributed by atoms with Gasteiger partial charge in [-0.25, -0.2) is 4.98 Å². The molecule has 2 N–H and O–H groups in total. The molecule has 162 valence electrons. The van der Waals surface area contributed by atoms with Gasteiger partial charge < -0.3 is 24.8 Å². The molecule has 1 aromatic carbocycles. The maximum Gasteiger partial charge on any atom is 0.276 e. The molecule has 1 saturated heterocycles. The molecule has 1 aromatic heterocycles. The van der Waals surface area contributed by atoms with Crippen molar-refractivity contribution in [1.82, 2.24) is 9.88 Å². The van der Waals surface area contributed by atoms with Gasteiger partial charge in [0.25, 0.3) is 5.91 Å². The van der Waals surface area contributed by atoms with E-state index >= 15 is 0 Å².